The maximum absolute atomic E-state index is 13.5. The summed E-state index contributed by atoms with van der Waals surface area (Å²) in [6.45, 7) is -0.255. The van der Waals surface area contributed by atoms with Crippen molar-refractivity contribution in [3.8, 4) is 0 Å². The van der Waals surface area contributed by atoms with Crippen LogP contribution in [-0.2, 0) is 11.3 Å². The summed E-state index contributed by atoms with van der Waals surface area (Å²) < 4.78 is 31.6. The van der Waals surface area contributed by atoms with E-state index in [1.54, 1.807) is 6.07 Å². The molecule has 0 bridgehead atoms. The van der Waals surface area contributed by atoms with Crippen LogP contribution in [-0.4, -0.2) is 5.97 Å². The Morgan fingerprint density at radius 2 is 1.84 bits per heavy atom. The molecule has 0 aliphatic rings. The maximum atomic E-state index is 13.5. The minimum atomic E-state index is -0.860. The van der Waals surface area contributed by atoms with Gasteiger partial charge in [0.1, 0.15) is 18.2 Å². The molecule has 0 saturated carbocycles. The van der Waals surface area contributed by atoms with Gasteiger partial charge in [0, 0.05) is 11.3 Å². The lowest BCUT2D eigenvalue weighted by atomic mass is 10.2. The van der Waals surface area contributed by atoms with Gasteiger partial charge in [0.25, 0.3) is 0 Å². The molecule has 2 aromatic carbocycles. The normalized spacial score (nSPS) is 10.2. The number of halogens is 2. The molecule has 0 heterocycles. The van der Waals surface area contributed by atoms with Crippen LogP contribution in [0.25, 0.3) is 0 Å². The Kier molecular flexibility index (Phi) is 3.75. The third-order valence-corrected chi connectivity index (χ3v) is 2.53. The van der Waals surface area contributed by atoms with E-state index in [-0.39, 0.29) is 23.4 Å². The lowest BCUT2D eigenvalue weighted by Gasteiger charge is -2.07. The number of hydrogen-bond donors (Lipinski definition) is 1. The highest BCUT2D eigenvalue weighted by atomic mass is 19.1. The van der Waals surface area contributed by atoms with Crippen molar-refractivity contribution in [2.45, 2.75) is 6.61 Å². The molecule has 0 unspecified atom stereocenters. The molecule has 2 N–H and O–H groups in total. The average molecular weight is 263 g/mol. The van der Waals surface area contributed by atoms with Gasteiger partial charge in [-0.15, -0.1) is 0 Å². The first-order valence-electron chi connectivity index (χ1n) is 5.53. The van der Waals surface area contributed by atoms with E-state index < -0.39 is 17.6 Å². The number of nitrogens with two attached hydrogens (primary N) is 1. The number of carbonyl (C=O) groups is 1. The fourth-order valence-electron chi connectivity index (χ4n) is 1.53. The van der Waals surface area contributed by atoms with E-state index in [1.807, 2.05) is 0 Å². The van der Waals surface area contributed by atoms with Gasteiger partial charge in [-0.2, -0.15) is 0 Å². The van der Waals surface area contributed by atoms with Gasteiger partial charge in [0.05, 0.1) is 5.56 Å². The summed E-state index contributed by atoms with van der Waals surface area (Å²) >= 11 is 0. The second kappa shape index (κ2) is 5.48. The van der Waals surface area contributed by atoms with Crippen LogP contribution in [0.3, 0.4) is 0 Å². The van der Waals surface area contributed by atoms with E-state index in [0.29, 0.717) is 0 Å². The zero-order valence-corrected chi connectivity index (χ0v) is 9.90. The molecular weight excluding hydrogens is 252 g/mol. The molecule has 0 atom stereocenters. The number of anilines is 1. The molecule has 0 saturated heterocycles. The second-order valence-electron chi connectivity index (χ2n) is 3.91. The molecule has 0 fully saturated rings. The number of ether oxygens (including phenoxy) is 1. The third-order valence-electron chi connectivity index (χ3n) is 2.53. The molecule has 0 aliphatic heterocycles. The Hall–Kier alpha value is -2.43. The minimum Gasteiger partial charge on any atom is -0.457 e. The van der Waals surface area contributed by atoms with Crippen molar-refractivity contribution in [2.24, 2.45) is 0 Å². The number of rotatable bonds is 3. The van der Waals surface area contributed by atoms with Crippen molar-refractivity contribution in [3.05, 3.63) is 65.2 Å². The van der Waals surface area contributed by atoms with Crippen LogP contribution in [0.15, 0.2) is 42.5 Å². The van der Waals surface area contributed by atoms with Crippen LogP contribution in [0.1, 0.15) is 15.9 Å². The smallest absolute Gasteiger partial charge is 0.341 e. The number of hydrogen-bond acceptors (Lipinski definition) is 3. The number of esters is 1. The maximum Gasteiger partial charge on any atom is 0.341 e. The minimum absolute atomic E-state index is 0.211. The molecule has 19 heavy (non-hydrogen) atoms. The first-order chi connectivity index (χ1) is 9.08. The quantitative estimate of drug-likeness (QED) is 0.684. The van der Waals surface area contributed by atoms with Gasteiger partial charge < -0.3 is 10.5 Å². The molecule has 2 aromatic rings. The summed E-state index contributed by atoms with van der Waals surface area (Å²) in [4.78, 5) is 11.6. The van der Waals surface area contributed by atoms with Crippen molar-refractivity contribution < 1.29 is 18.3 Å². The largest absolute Gasteiger partial charge is 0.457 e. The summed E-state index contributed by atoms with van der Waals surface area (Å²) in [5, 5.41) is 0. The highest BCUT2D eigenvalue weighted by Crippen LogP contribution is 2.14. The van der Waals surface area contributed by atoms with Crippen molar-refractivity contribution in [2.75, 3.05) is 5.73 Å². The number of carbonyl (C=O) groups excluding carboxylic acids is 1. The number of benzene rings is 2. The van der Waals surface area contributed by atoms with Crippen molar-refractivity contribution in [3.63, 3.8) is 0 Å². The van der Waals surface area contributed by atoms with E-state index in [4.69, 9.17) is 10.5 Å². The predicted molar refractivity (Wildman–Crippen MR) is 66.3 cm³/mol. The number of nitrogen functional groups attached to an aromatic ring is 1. The Balaban J connectivity index is 2.08. The molecule has 98 valence electrons. The first-order valence-corrected chi connectivity index (χ1v) is 5.53. The Morgan fingerprint density at radius 1 is 1.11 bits per heavy atom. The van der Waals surface area contributed by atoms with Gasteiger partial charge >= 0.3 is 5.97 Å². The van der Waals surface area contributed by atoms with Crippen LogP contribution in [0.2, 0.25) is 0 Å². The molecule has 5 heteroatoms. The van der Waals surface area contributed by atoms with E-state index in [0.717, 1.165) is 6.07 Å². The van der Waals surface area contributed by atoms with Gasteiger partial charge in [-0.05, 0) is 24.3 Å². The SMILES string of the molecule is Nc1ccc(C(=O)OCc2ccccc2F)c(F)c1. The van der Waals surface area contributed by atoms with Crippen molar-refractivity contribution >= 4 is 11.7 Å². The fraction of sp³-hybridized carbons (Fsp3) is 0.0714. The Bertz CT molecular complexity index is 614. The van der Waals surface area contributed by atoms with E-state index in [9.17, 15) is 13.6 Å². The standard InChI is InChI=1S/C14H11F2NO2/c15-12-4-2-1-3-9(12)8-19-14(18)11-6-5-10(17)7-13(11)16/h1-7H,8,17H2. The molecule has 0 radical (unpaired) electrons. The highest BCUT2D eigenvalue weighted by molar-refractivity contribution is 5.90. The predicted octanol–water partition coefficient (Wildman–Crippen LogP) is 2.90. The fourth-order valence-corrected chi connectivity index (χ4v) is 1.53. The molecule has 0 aliphatic carbocycles. The molecular formula is C14H11F2NO2. The van der Waals surface area contributed by atoms with Gasteiger partial charge in [-0.3, -0.25) is 0 Å². The van der Waals surface area contributed by atoms with Gasteiger partial charge in [0.15, 0.2) is 0 Å². The zero-order valence-electron chi connectivity index (χ0n) is 9.90. The van der Waals surface area contributed by atoms with Crippen molar-refractivity contribution in [1.29, 1.82) is 0 Å². The lowest BCUT2D eigenvalue weighted by molar-refractivity contribution is 0.0463. The van der Waals surface area contributed by atoms with Gasteiger partial charge in [-0.25, -0.2) is 13.6 Å². The monoisotopic (exact) mass is 263 g/mol. The van der Waals surface area contributed by atoms with Crippen LogP contribution in [0.5, 0.6) is 0 Å². The van der Waals surface area contributed by atoms with Crippen LogP contribution >= 0.6 is 0 Å². The summed E-state index contributed by atoms with van der Waals surface area (Å²) in [7, 11) is 0. The van der Waals surface area contributed by atoms with E-state index in [2.05, 4.69) is 0 Å². The van der Waals surface area contributed by atoms with Crippen LogP contribution < -0.4 is 5.73 Å². The summed E-state index contributed by atoms with van der Waals surface area (Å²) in [6, 6.07) is 9.54. The Morgan fingerprint density at radius 3 is 2.53 bits per heavy atom. The van der Waals surface area contributed by atoms with Crippen molar-refractivity contribution in [1.82, 2.24) is 0 Å². The molecule has 2 rings (SSSR count). The van der Waals surface area contributed by atoms with Gasteiger partial charge in [0.2, 0.25) is 0 Å². The lowest BCUT2D eigenvalue weighted by Crippen LogP contribution is -2.08. The first kappa shape index (κ1) is 13.0. The molecule has 0 amide bonds. The molecule has 3 nitrogen and oxygen atoms in total. The molecule has 0 spiro atoms. The average Bonchev–Trinajstić information content (AvgIpc) is 2.37. The third kappa shape index (κ3) is 3.07. The van der Waals surface area contributed by atoms with Gasteiger partial charge in [-0.1, -0.05) is 18.2 Å². The summed E-state index contributed by atoms with van der Waals surface area (Å²) in [5.74, 6) is -2.10. The van der Waals surface area contributed by atoms with E-state index >= 15 is 0 Å². The second-order valence-corrected chi connectivity index (χ2v) is 3.91. The van der Waals surface area contributed by atoms with Crippen LogP contribution in [0, 0.1) is 11.6 Å². The van der Waals surface area contributed by atoms with Crippen LogP contribution in [0.4, 0.5) is 14.5 Å². The summed E-state index contributed by atoms with van der Waals surface area (Å²) in [5.41, 5.74) is 5.58. The topological polar surface area (TPSA) is 52.3 Å². The highest BCUT2D eigenvalue weighted by Gasteiger charge is 2.14. The van der Waals surface area contributed by atoms with E-state index in [1.165, 1.54) is 30.3 Å². The summed E-state index contributed by atoms with van der Waals surface area (Å²) in [6.07, 6.45) is 0. The Labute approximate surface area is 108 Å². The zero-order chi connectivity index (χ0) is 13.8. The molecule has 0 aromatic heterocycles.